The molecule has 0 atom stereocenters. The summed E-state index contributed by atoms with van der Waals surface area (Å²) in [7, 11) is 0. The molecule has 0 saturated heterocycles. The molecule has 3 N–H and O–H groups in total. The molecule has 0 bridgehead atoms. The van der Waals surface area contributed by atoms with E-state index in [2.05, 4.69) is 31.3 Å². The molecule has 0 fully saturated rings. The number of nitrogens with one attached hydrogen (secondary N) is 3. The van der Waals surface area contributed by atoms with Crippen molar-refractivity contribution < 1.29 is 0 Å². The van der Waals surface area contributed by atoms with Gasteiger partial charge in [-0.25, -0.2) is 0 Å². The van der Waals surface area contributed by atoms with Crippen LogP contribution in [0, 0.1) is 9.88 Å². The summed E-state index contributed by atoms with van der Waals surface area (Å²) in [6, 6.07) is 7.95. The molecule has 0 amide bonds. The van der Waals surface area contributed by atoms with Gasteiger partial charge in [0.1, 0.15) is 9.88 Å². The number of benzene rings is 1. The molecule has 0 aliphatic rings. The molecule has 0 aliphatic heterocycles. The van der Waals surface area contributed by atoms with E-state index >= 15 is 0 Å². The van der Waals surface area contributed by atoms with E-state index < -0.39 is 0 Å². The van der Waals surface area contributed by atoms with Crippen LogP contribution in [-0.4, -0.2) is 24.8 Å². The highest BCUT2D eigenvalue weighted by Gasteiger charge is 2.03. The largest absolute Gasteiger partial charge is 0.361 e. The van der Waals surface area contributed by atoms with Crippen molar-refractivity contribution >= 4 is 35.1 Å². The van der Waals surface area contributed by atoms with Gasteiger partial charge in [-0.2, -0.15) is 0 Å². The zero-order valence-electron chi connectivity index (χ0n) is 11.4. The zero-order chi connectivity index (χ0) is 15.1. The molecule has 0 spiro atoms. The van der Waals surface area contributed by atoms with Gasteiger partial charge >= 0.3 is 0 Å². The Labute approximate surface area is 127 Å². The van der Waals surface area contributed by atoms with Crippen molar-refractivity contribution in [1.29, 1.82) is 0 Å². The molecule has 0 unspecified atom stereocenters. The molecule has 3 aromatic heterocycles. The normalized spacial score (nSPS) is 13.9. The molecule has 4 rings (SSSR count). The first-order chi connectivity index (χ1) is 10.7. The van der Waals surface area contributed by atoms with Gasteiger partial charge < -0.3 is 4.98 Å². The molecule has 22 heavy (non-hydrogen) atoms. The highest BCUT2D eigenvalue weighted by molar-refractivity contribution is 7.03. The van der Waals surface area contributed by atoms with Gasteiger partial charge in [0.05, 0.1) is 10.6 Å². The second kappa shape index (κ2) is 4.81. The topological polar surface area (TPSA) is 90.2 Å². The average Bonchev–Trinajstić information content (AvgIpc) is 3.21. The standard InChI is InChI=1S/C15H11N5OS/c1-8-14(22-20-17-8)13-11(15(21)19-18-13)6-9-7-16-12-5-3-2-4-10(9)12/h2-7,16,18H,1H2,(H,19,21)/b11-6-,14-13-. The smallest absolute Gasteiger partial charge is 0.271 e. The van der Waals surface area contributed by atoms with E-state index in [0.29, 0.717) is 15.9 Å². The summed E-state index contributed by atoms with van der Waals surface area (Å²) in [5.74, 6) is 0. The number of hydrogen-bond acceptors (Lipinski definition) is 4. The fourth-order valence-electron chi connectivity index (χ4n) is 2.45. The second-order valence-electron chi connectivity index (χ2n) is 4.85. The monoisotopic (exact) mass is 309 g/mol. The van der Waals surface area contributed by atoms with Gasteiger partial charge in [-0.15, -0.1) is 5.10 Å². The van der Waals surface area contributed by atoms with Gasteiger partial charge in [-0.1, -0.05) is 29.3 Å². The summed E-state index contributed by atoms with van der Waals surface area (Å²) in [6.45, 7) is 3.84. The van der Waals surface area contributed by atoms with Gasteiger partial charge in [0.25, 0.3) is 5.56 Å². The van der Waals surface area contributed by atoms with Crippen molar-refractivity contribution in [2.24, 2.45) is 0 Å². The minimum absolute atomic E-state index is 0.187. The number of nitrogens with zero attached hydrogens (tertiary/aromatic N) is 2. The third kappa shape index (κ3) is 1.91. The number of para-hydroxylation sites is 1. The maximum absolute atomic E-state index is 12.1. The van der Waals surface area contributed by atoms with Crippen LogP contribution in [0.3, 0.4) is 0 Å². The molecule has 7 heteroatoms. The van der Waals surface area contributed by atoms with E-state index in [4.69, 9.17) is 0 Å². The molecule has 3 heterocycles. The highest BCUT2D eigenvalue weighted by atomic mass is 32.1. The maximum Gasteiger partial charge on any atom is 0.271 e. The first-order valence-electron chi connectivity index (χ1n) is 6.60. The Kier molecular flexibility index (Phi) is 2.80. The van der Waals surface area contributed by atoms with Gasteiger partial charge in [0.2, 0.25) is 0 Å². The van der Waals surface area contributed by atoms with Gasteiger partial charge in [-0.3, -0.25) is 15.0 Å². The van der Waals surface area contributed by atoms with Crippen molar-refractivity contribution in [3.63, 3.8) is 0 Å². The summed E-state index contributed by atoms with van der Waals surface area (Å²) in [4.78, 5) is 15.3. The lowest BCUT2D eigenvalue weighted by atomic mass is 10.1. The fourth-order valence-corrected chi connectivity index (χ4v) is 3.07. The van der Waals surface area contributed by atoms with Crippen LogP contribution < -0.4 is 16.1 Å². The lowest BCUT2D eigenvalue weighted by Gasteiger charge is -1.89. The van der Waals surface area contributed by atoms with Crippen LogP contribution in [0.15, 0.2) is 35.3 Å². The van der Waals surface area contributed by atoms with Crippen LogP contribution in [0.5, 0.6) is 0 Å². The Bertz CT molecular complexity index is 1230. The lowest BCUT2D eigenvalue weighted by Crippen LogP contribution is -2.22. The third-order valence-corrected chi connectivity index (χ3v) is 4.30. The maximum atomic E-state index is 12.1. The number of fused-ring (bicyclic) bond motifs is 1. The van der Waals surface area contributed by atoms with Crippen LogP contribution in [0.1, 0.15) is 5.56 Å². The molecule has 6 nitrogen and oxygen atoms in total. The summed E-state index contributed by atoms with van der Waals surface area (Å²) in [6.07, 6.45) is 3.74. The Hall–Kier alpha value is -2.93. The second-order valence-corrected chi connectivity index (χ2v) is 5.60. The van der Waals surface area contributed by atoms with Gasteiger partial charge in [0, 0.05) is 22.7 Å². The van der Waals surface area contributed by atoms with Gasteiger partial charge in [-0.05, 0) is 23.7 Å². The van der Waals surface area contributed by atoms with Crippen LogP contribution in [0.25, 0.3) is 23.6 Å². The van der Waals surface area contributed by atoms with Crippen molar-refractivity contribution in [2.75, 3.05) is 0 Å². The Morgan fingerprint density at radius 3 is 2.91 bits per heavy atom. The predicted molar refractivity (Wildman–Crippen MR) is 85.6 cm³/mol. The van der Waals surface area contributed by atoms with E-state index in [9.17, 15) is 4.79 Å². The number of aromatic nitrogens is 5. The molecular formula is C15H11N5OS. The van der Waals surface area contributed by atoms with Crippen molar-refractivity contribution in [3.05, 3.63) is 66.8 Å². The Balaban J connectivity index is 2.15. The molecule has 108 valence electrons. The number of rotatable bonds is 1. The Morgan fingerprint density at radius 2 is 2.09 bits per heavy atom. The van der Waals surface area contributed by atoms with E-state index in [1.54, 1.807) is 0 Å². The van der Waals surface area contributed by atoms with Gasteiger partial charge in [0.15, 0.2) is 0 Å². The van der Waals surface area contributed by atoms with E-state index in [1.165, 1.54) is 11.5 Å². The van der Waals surface area contributed by atoms with Crippen molar-refractivity contribution in [2.45, 2.75) is 0 Å². The zero-order valence-corrected chi connectivity index (χ0v) is 12.2. The number of H-pyrrole nitrogens is 3. The van der Waals surface area contributed by atoms with E-state index in [1.807, 2.05) is 36.5 Å². The summed E-state index contributed by atoms with van der Waals surface area (Å²) in [5.41, 5.74) is 1.79. The molecule has 0 radical (unpaired) electrons. The minimum Gasteiger partial charge on any atom is -0.361 e. The number of hydrogen-bond donors (Lipinski definition) is 3. The Morgan fingerprint density at radius 1 is 1.23 bits per heavy atom. The van der Waals surface area contributed by atoms with Crippen LogP contribution >= 0.6 is 11.5 Å². The quantitative estimate of drug-likeness (QED) is 0.480. The minimum atomic E-state index is -0.187. The lowest BCUT2D eigenvalue weighted by molar-refractivity contribution is 1.03. The SMILES string of the molecule is C=c1nns/c1=c1\[nH][nH]c(=O)\c1=C/c1c[nH]c2ccccc12. The average molecular weight is 309 g/mol. The third-order valence-electron chi connectivity index (χ3n) is 3.52. The summed E-state index contributed by atoms with van der Waals surface area (Å²) >= 11 is 1.20. The number of aromatic amines is 3. The molecule has 0 saturated carbocycles. The van der Waals surface area contributed by atoms with E-state index in [0.717, 1.165) is 21.0 Å². The van der Waals surface area contributed by atoms with Crippen molar-refractivity contribution in [1.82, 2.24) is 24.8 Å². The van der Waals surface area contributed by atoms with Crippen molar-refractivity contribution in [3.8, 4) is 0 Å². The molecular weight excluding hydrogens is 298 g/mol. The molecule has 1 aromatic carbocycles. The van der Waals surface area contributed by atoms with E-state index in [-0.39, 0.29) is 5.56 Å². The summed E-state index contributed by atoms with van der Waals surface area (Å²) in [5, 5.41) is 12.2. The first kappa shape index (κ1) is 12.8. The van der Waals surface area contributed by atoms with Crippen LogP contribution in [0.4, 0.5) is 0 Å². The fraction of sp³-hybridized carbons (Fsp3) is 0. The predicted octanol–water partition coefficient (Wildman–Crippen LogP) is 0.562. The van der Waals surface area contributed by atoms with Crippen LogP contribution in [-0.2, 0) is 0 Å². The summed E-state index contributed by atoms with van der Waals surface area (Å²) < 4.78 is 4.62. The van der Waals surface area contributed by atoms with Crippen LogP contribution in [0.2, 0.25) is 0 Å². The highest BCUT2D eigenvalue weighted by Crippen LogP contribution is 2.17. The first-order valence-corrected chi connectivity index (χ1v) is 7.37. The molecule has 0 aliphatic carbocycles. The molecule has 4 aromatic rings.